The van der Waals surface area contributed by atoms with E-state index in [1.165, 1.54) is 7.11 Å². The maximum atomic E-state index is 12.0. The minimum absolute atomic E-state index is 0.0398. The lowest BCUT2D eigenvalue weighted by molar-refractivity contribution is 0.0950. The van der Waals surface area contributed by atoms with Crippen molar-refractivity contribution in [3.8, 4) is 11.5 Å². The van der Waals surface area contributed by atoms with Crippen LogP contribution in [-0.4, -0.2) is 36.4 Å². The number of ether oxygens (including phenoxy) is 2. The van der Waals surface area contributed by atoms with Crippen LogP contribution < -0.4 is 14.8 Å². The highest BCUT2D eigenvalue weighted by Crippen LogP contribution is 2.29. The molecule has 0 radical (unpaired) electrons. The second kappa shape index (κ2) is 8.35. The number of rotatable bonds is 8. The number of methoxy groups -OCH3 is 1. The second-order valence-corrected chi connectivity index (χ2v) is 5.29. The Bertz CT molecular complexity index is 677. The first-order valence-electron chi connectivity index (χ1n) is 7.68. The molecule has 0 saturated heterocycles. The summed E-state index contributed by atoms with van der Waals surface area (Å²) in [6, 6.07) is 4.98. The van der Waals surface area contributed by atoms with Crippen LogP contribution in [0.15, 0.2) is 22.7 Å². The molecule has 0 aliphatic heterocycles. The summed E-state index contributed by atoms with van der Waals surface area (Å²) in [5.41, 5.74) is 2.14. The standard InChI is InChI=1S/C17H22N2O5/c1-11-14(12(2)24-19-11)10-23-15-6-5-13(9-16(15)22-3)17(21)18-7-4-8-20/h5-6,9,20H,4,7-8,10H2,1-3H3,(H,18,21). The summed E-state index contributed by atoms with van der Waals surface area (Å²) < 4.78 is 16.2. The number of benzene rings is 1. The number of carbonyl (C=O) groups excluding carboxylic acids is 1. The predicted molar refractivity (Wildman–Crippen MR) is 87.3 cm³/mol. The summed E-state index contributed by atoms with van der Waals surface area (Å²) >= 11 is 0. The summed E-state index contributed by atoms with van der Waals surface area (Å²) in [5.74, 6) is 1.49. The molecule has 1 heterocycles. The Kier molecular flexibility index (Phi) is 6.20. The molecule has 24 heavy (non-hydrogen) atoms. The van der Waals surface area contributed by atoms with Crippen molar-refractivity contribution in [2.24, 2.45) is 0 Å². The van der Waals surface area contributed by atoms with Gasteiger partial charge in [0, 0.05) is 18.7 Å². The van der Waals surface area contributed by atoms with Gasteiger partial charge in [0.1, 0.15) is 12.4 Å². The fourth-order valence-electron chi connectivity index (χ4n) is 2.17. The van der Waals surface area contributed by atoms with Gasteiger partial charge in [0.25, 0.3) is 5.91 Å². The van der Waals surface area contributed by atoms with Gasteiger partial charge in [-0.15, -0.1) is 0 Å². The number of carbonyl (C=O) groups is 1. The highest BCUT2D eigenvalue weighted by Gasteiger charge is 2.14. The number of nitrogens with one attached hydrogen (secondary N) is 1. The van der Waals surface area contributed by atoms with Crippen molar-refractivity contribution in [2.75, 3.05) is 20.3 Å². The summed E-state index contributed by atoms with van der Waals surface area (Å²) in [4.78, 5) is 12.0. The molecule has 0 aliphatic rings. The van der Waals surface area contributed by atoms with Crippen molar-refractivity contribution in [2.45, 2.75) is 26.9 Å². The Labute approximate surface area is 140 Å². The molecule has 0 spiro atoms. The zero-order valence-corrected chi connectivity index (χ0v) is 14.1. The van der Waals surface area contributed by atoms with Crippen LogP contribution >= 0.6 is 0 Å². The maximum absolute atomic E-state index is 12.0. The lowest BCUT2D eigenvalue weighted by Gasteiger charge is -2.12. The van der Waals surface area contributed by atoms with Gasteiger partial charge >= 0.3 is 0 Å². The van der Waals surface area contributed by atoms with E-state index in [0.717, 1.165) is 11.3 Å². The summed E-state index contributed by atoms with van der Waals surface area (Å²) in [5, 5.41) is 15.4. The number of amides is 1. The highest BCUT2D eigenvalue weighted by molar-refractivity contribution is 5.94. The zero-order chi connectivity index (χ0) is 17.5. The SMILES string of the molecule is COc1cc(C(=O)NCCCO)ccc1OCc1c(C)noc1C. The summed E-state index contributed by atoms with van der Waals surface area (Å²) in [6.07, 6.45) is 0.515. The van der Waals surface area contributed by atoms with Crippen LogP contribution in [0.2, 0.25) is 0 Å². The molecule has 0 saturated carbocycles. The first kappa shape index (κ1) is 17.8. The molecule has 1 amide bonds. The highest BCUT2D eigenvalue weighted by atomic mass is 16.5. The van der Waals surface area contributed by atoms with Gasteiger partial charge in [0.05, 0.1) is 18.4 Å². The molecule has 2 N–H and O–H groups in total. The lowest BCUT2D eigenvalue weighted by atomic mass is 10.2. The number of aromatic nitrogens is 1. The fraction of sp³-hybridized carbons (Fsp3) is 0.412. The molecular formula is C17H22N2O5. The van der Waals surface area contributed by atoms with Gasteiger partial charge in [0.15, 0.2) is 11.5 Å². The van der Waals surface area contributed by atoms with Crippen molar-refractivity contribution in [1.82, 2.24) is 10.5 Å². The minimum Gasteiger partial charge on any atom is -0.493 e. The van der Waals surface area contributed by atoms with Crippen molar-refractivity contribution in [1.29, 1.82) is 0 Å². The van der Waals surface area contributed by atoms with Gasteiger partial charge in [-0.05, 0) is 38.5 Å². The van der Waals surface area contributed by atoms with E-state index in [9.17, 15) is 4.79 Å². The maximum Gasteiger partial charge on any atom is 0.251 e. The van der Waals surface area contributed by atoms with Crippen LogP contribution in [-0.2, 0) is 6.61 Å². The number of aliphatic hydroxyl groups excluding tert-OH is 1. The fourth-order valence-corrected chi connectivity index (χ4v) is 2.17. The Morgan fingerprint density at radius 3 is 2.75 bits per heavy atom. The molecule has 1 aromatic heterocycles. The molecule has 0 aliphatic carbocycles. The minimum atomic E-state index is -0.223. The quantitative estimate of drug-likeness (QED) is 0.717. The summed E-state index contributed by atoms with van der Waals surface area (Å²) in [6.45, 7) is 4.45. The van der Waals surface area contributed by atoms with E-state index in [2.05, 4.69) is 10.5 Å². The van der Waals surface area contributed by atoms with Gasteiger partial charge in [-0.25, -0.2) is 0 Å². The molecule has 0 atom stereocenters. The Hall–Kier alpha value is -2.54. The van der Waals surface area contributed by atoms with E-state index in [-0.39, 0.29) is 12.5 Å². The van der Waals surface area contributed by atoms with E-state index in [0.29, 0.717) is 42.4 Å². The number of hydrogen-bond acceptors (Lipinski definition) is 6. The van der Waals surface area contributed by atoms with Crippen molar-refractivity contribution in [3.05, 3.63) is 40.8 Å². The van der Waals surface area contributed by atoms with E-state index >= 15 is 0 Å². The molecule has 7 heteroatoms. The molecule has 0 fully saturated rings. The number of hydrogen-bond donors (Lipinski definition) is 2. The molecular weight excluding hydrogens is 312 g/mol. The van der Waals surface area contributed by atoms with Crippen LogP contribution in [0.25, 0.3) is 0 Å². The molecule has 0 bridgehead atoms. The third-order valence-corrected chi connectivity index (χ3v) is 3.60. The van der Waals surface area contributed by atoms with E-state index in [1.807, 2.05) is 13.8 Å². The third kappa shape index (κ3) is 4.26. The van der Waals surface area contributed by atoms with Crippen molar-refractivity contribution in [3.63, 3.8) is 0 Å². The molecule has 7 nitrogen and oxygen atoms in total. The van der Waals surface area contributed by atoms with E-state index in [4.69, 9.17) is 19.1 Å². The van der Waals surface area contributed by atoms with Gasteiger partial charge in [0.2, 0.25) is 0 Å². The van der Waals surface area contributed by atoms with E-state index in [1.54, 1.807) is 18.2 Å². The summed E-state index contributed by atoms with van der Waals surface area (Å²) in [7, 11) is 1.52. The van der Waals surface area contributed by atoms with Crippen molar-refractivity contribution < 1.29 is 23.9 Å². The monoisotopic (exact) mass is 334 g/mol. The molecule has 130 valence electrons. The number of nitrogens with zero attached hydrogens (tertiary/aromatic N) is 1. The molecule has 0 unspecified atom stereocenters. The van der Waals surface area contributed by atoms with Gasteiger partial charge in [-0.1, -0.05) is 5.16 Å². The van der Waals surface area contributed by atoms with Crippen LogP contribution in [0.1, 0.15) is 33.8 Å². The van der Waals surface area contributed by atoms with Crippen LogP contribution in [0.3, 0.4) is 0 Å². The Morgan fingerprint density at radius 1 is 1.33 bits per heavy atom. The first-order chi connectivity index (χ1) is 11.6. The van der Waals surface area contributed by atoms with E-state index < -0.39 is 0 Å². The predicted octanol–water partition coefficient (Wildman–Crippen LogP) is 1.99. The Balaban J connectivity index is 2.07. The number of aryl methyl sites for hydroxylation is 2. The average molecular weight is 334 g/mol. The molecule has 2 aromatic rings. The third-order valence-electron chi connectivity index (χ3n) is 3.60. The topological polar surface area (TPSA) is 93.8 Å². The van der Waals surface area contributed by atoms with Crippen LogP contribution in [0.5, 0.6) is 11.5 Å². The molecule has 2 rings (SSSR count). The largest absolute Gasteiger partial charge is 0.493 e. The van der Waals surface area contributed by atoms with Crippen LogP contribution in [0.4, 0.5) is 0 Å². The second-order valence-electron chi connectivity index (χ2n) is 5.29. The number of aliphatic hydroxyl groups is 1. The zero-order valence-electron chi connectivity index (χ0n) is 14.1. The van der Waals surface area contributed by atoms with Gasteiger partial charge in [-0.2, -0.15) is 0 Å². The van der Waals surface area contributed by atoms with Gasteiger partial charge < -0.3 is 24.4 Å². The average Bonchev–Trinajstić information content (AvgIpc) is 2.91. The lowest BCUT2D eigenvalue weighted by Crippen LogP contribution is -2.25. The normalized spacial score (nSPS) is 10.5. The molecule has 1 aromatic carbocycles. The Morgan fingerprint density at radius 2 is 2.12 bits per heavy atom. The van der Waals surface area contributed by atoms with Crippen molar-refractivity contribution >= 4 is 5.91 Å². The van der Waals surface area contributed by atoms with Crippen LogP contribution in [0, 0.1) is 13.8 Å². The first-order valence-corrected chi connectivity index (χ1v) is 7.68. The van der Waals surface area contributed by atoms with Gasteiger partial charge in [-0.3, -0.25) is 4.79 Å². The smallest absolute Gasteiger partial charge is 0.251 e.